The molecule has 0 fully saturated rings. The Morgan fingerprint density at radius 2 is 2.09 bits per heavy atom. The Kier molecular flexibility index (Phi) is 5.07. The molecule has 0 unspecified atom stereocenters. The quantitative estimate of drug-likeness (QED) is 0.440. The molecule has 1 amide bonds. The standard InChI is InChI=1S/C8H14N2O/c1-8(2)10(7-11)6-4-5-9-3/h4-8H,1-3H3/b6-4-,9-5-. The summed E-state index contributed by atoms with van der Waals surface area (Å²) in [7, 11) is 1.69. The van der Waals surface area contributed by atoms with Gasteiger partial charge in [0.1, 0.15) is 0 Å². The van der Waals surface area contributed by atoms with Crippen LogP contribution in [0.15, 0.2) is 17.3 Å². The van der Waals surface area contributed by atoms with E-state index in [1.54, 1.807) is 30.4 Å². The van der Waals surface area contributed by atoms with Crippen molar-refractivity contribution >= 4 is 12.6 Å². The van der Waals surface area contributed by atoms with Gasteiger partial charge in [-0.1, -0.05) is 0 Å². The van der Waals surface area contributed by atoms with Crippen molar-refractivity contribution in [3.63, 3.8) is 0 Å². The van der Waals surface area contributed by atoms with Crippen LogP contribution in [0.3, 0.4) is 0 Å². The molecule has 0 aliphatic rings. The van der Waals surface area contributed by atoms with Gasteiger partial charge in [0.15, 0.2) is 0 Å². The van der Waals surface area contributed by atoms with E-state index in [1.807, 2.05) is 13.8 Å². The molecule has 0 aromatic carbocycles. The summed E-state index contributed by atoms with van der Waals surface area (Å²) in [6, 6.07) is 0.203. The van der Waals surface area contributed by atoms with Gasteiger partial charge < -0.3 is 4.90 Å². The maximum atomic E-state index is 10.4. The predicted molar refractivity (Wildman–Crippen MR) is 46.6 cm³/mol. The Morgan fingerprint density at radius 1 is 1.45 bits per heavy atom. The number of carbonyl (C=O) groups excluding carboxylic acids is 1. The summed E-state index contributed by atoms with van der Waals surface area (Å²) in [4.78, 5) is 15.7. The smallest absolute Gasteiger partial charge is 0.213 e. The topological polar surface area (TPSA) is 32.7 Å². The zero-order valence-electron chi connectivity index (χ0n) is 7.19. The molecule has 0 bridgehead atoms. The number of nitrogens with zero attached hydrogens (tertiary/aromatic N) is 2. The van der Waals surface area contributed by atoms with E-state index in [-0.39, 0.29) is 6.04 Å². The minimum atomic E-state index is 0.203. The predicted octanol–water partition coefficient (Wildman–Crippen LogP) is 1.07. The van der Waals surface area contributed by atoms with E-state index in [0.717, 1.165) is 6.41 Å². The average Bonchev–Trinajstić information content (AvgIpc) is 1.97. The Hall–Kier alpha value is -1.12. The van der Waals surface area contributed by atoms with Crippen LogP contribution < -0.4 is 0 Å². The lowest BCUT2D eigenvalue weighted by Crippen LogP contribution is -2.23. The van der Waals surface area contributed by atoms with Crippen LogP contribution in [-0.2, 0) is 4.79 Å². The molecule has 0 saturated carbocycles. The third kappa shape index (κ3) is 4.31. The molecule has 0 saturated heterocycles. The van der Waals surface area contributed by atoms with Crippen LogP contribution in [0.25, 0.3) is 0 Å². The first-order chi connectivity index (χ1) is 5.22. The van der Waals surface area contributed by atoms with Crippen molar-refractivity contribution in [2.24, 2.45) is 4.99 Å². The molecule has 0 spiro atoms. The first-order valence-electron chi connectivity index (χ1n) is 3.54. The fourth-order valence-corrected chi connectivity index (χ4v) is 0.553. The number of hydrogen-bond acceptors (Lipinski definition) is 2. The Labute approximate surface area is 67.4 Å². The SMILES string of the molecule is C/N=C\C=C/N(C=O)C(C)C. The molecule has 0 aliphatic heterocycles. The third-order valence-electron chi connectivity index (χ3n) is 1.21. The normalized spacial score (nSPS) is 11.6. The van der Waals surface area contributed by atoms with E-state index in [1.165, 1.54) is 0 Å². The Balaban J connectivity index is 3.96. The van der Waals surface area contributed by atoms with Gasteiger partial charge in [-0.05, 0) is 19.9 Å². The summed E-state index contributed by atoms with van der Waals surface area (Å²) in [6.45, 7) is 3.89. The molecular weight excluding hydrogens is 140 g/mol. The van der Waals surface area contributed by atoms with Crippen LogP contribution in [0, 0.1) is 0 Å². The fraction of sp³-hybridized carbons (Fsp3) is 0.500. The molecule has 0 N–H and O–H groups in total. The molecule has 0 aliphatic carbocycles. The van der Waals surface area contributed by atoms with Gasteiger partial charge in [0.2, 0.25) is 6.41 Å². The van der Waals surface area contributed by atoms with E-state index in [4.69, 9.17) is 0 Å². The van der Waals surface area contributed by atoms with Crippen molar-refractivity contribution in [3.8, 4) is 0 Å². The van der Waals surface area contributed by atoms with Crippen LogP contribution >= 0.6 is 0 Å². The van der Waals surface area contributed by atoms with E-state index >= 15 is 0 Å². The van der Waals surface area contributed by atoms with Crippen molar-refractivity contribution < 1.29 is 4.79 Å². The zero-order valence-corrected chi connectivity index (χ0v) is 7.19. The van der Waals surface area contributed by atoms with Gasteiger partial charge in [0.05, 0.1) is 0 Å². The summed E-state index contributed by atoms with van der Waals surface area (Å²) in [5.74, 6) is 0. The molecule has 0 aromatic heterocycles. The minimum Gasteiger partial charge on any atom is -0.319 e. The highest BCUT2D eigenvalue weighted by atomic mass is 16.1. The van der Waals surface area contributed by atoms with Crippen molar-refractivity contribution in [2.75, 3.05) is 7.05 Å². The molecular formula is C8H14N2O. The highest BCUT2D eigenvalue weighted by Gasteiger charge is 1.99. The van der Waals surface area contributed by atoms with Gasteiger partial charge in [-0.2, -0.15) is 0 Å². The lowest BCUT2D eigenvalue weighted by Gasteiger charge is -2.15. The summed E-state index contributed by atoms with van der Waals surface area (Å²) in [5.41, 5.74) is 0. The second kappa shape index (κ2) is 5.65. The van der Waals surface area contributed by atoms with Crippen LogP contribution in [-0.4, -0.2) is 30.6 Å². The molecule has 3 heteroatoms. The van der Waals surface area contributed by atoms with Gasteiger partial charge in [0, 0.05) is 25.5 Å². The third-order valence-corrected chi connectivity index (χ3v) is 1.21. The highest BCUT2D eigenvalue weighted by molar-refractivity contribution is 5.71. The number of rotatable bonds is 4. The molecule has 0 aromatic rings. The second-order valence-corrected chi connectivity index (χ2v) is 2.40. The van der Waals surface area contributed by atoms with E-state index in [0.29, 0.717) is 0 Å². The van der Waals surface area contributed by atoms with Crippen molar-refractivity contribution in [3.05, 3.63) is 12.3 Å². The molecule has 11 heavy (non-hydrogen) atoms. The summed E-state index contributed by atoms with van der Waals surface area (Å²) in [6.07, 6.45) is 5.86. The molecule has 62 valence electrons. The van der Waals surface area contributed by atoms with Crippen molar-refractivity contribution in [2.45, 2.75) is 19.9 Å². The Morgan fingerprint density at radius 3 is 2.45 bits per heavy atom. The van der Waals surface area contributed by atoms with Crippen LogP contribution in [0.1, 0.15) is 13.8 Å². The maximum absolute atomic E-state index is 10.4. The first kappa shape index (κ1) is 9.88. The number of allylic oxidation sites excluding steroid dienone is 1. The molecule has 0 rings (SSSR count). The maximum Gasteiger partial charge on any atom is 0.213 e. The van der Waals surface area contributed by atoms with Gasteiger partial charge in [-0.15, -0.1) is 0 Å². The second-order valence-electron chi connectivity index (χ2n) is 2.40. The van der Waals surface area contributed by atoms with E-state index in [2.05, 4.69) is 4.99 Å². The number of aliphatic imine (C=N–C) groups is 1. The number of amides is 1. The average molecular weight is 154 g/mol. The lowest BCUT2D eigenvalue weighted by atomic mass is 10.3. The molecule has 3 nitrogen and oxygen atoms in total. The number of hydrogen-bond donors (Lipinski definition) is 0. The van der Waals surface area contributed by atoms with Gasteiger partial charge in [-0.3, -0.25) is 9.79 Å². The van der Waals surface area contributed by atoms with Gasteiger partial charge in [0.25, 0.3) is 0 Å². The number of carbonyl (C=O) groups is 1. The summed E-state index contributed by atoms with van der Waals surface area (Å²) in [5, 5.41) is 0. The monoisotopic (exact) mass is 154 g/mol. The zero-order chi connectivity index (χ0) is 8.69. The van der Waals surface area contributed by atoms with Crippen molar-refractivity contribution in [1.29, 1.82) is 0 Å². The minimum absolute atomic E-state index is 0.203. The molecule has 0 heterocycles. The highest BCUT2D eigenvalue weighted by Crippen LogP contribution is 1.93. The molecule has 0 atom stereocenters. The van der Waals surface area contributed by atoms with Crippen molar-refractivity contribution in [1.82, 2.24) is 4.90 Å². The first-order valence-corrected chi connectivity index (χ1v) is 3.54. The van der Waals surface area contributed by atoms with E-state index < -0.39 is 0 Å². The summed E-state index contributed by atoms with van der Waals surface area (Å²) < 4.78 is 0. The van der Waals surface area contributed by atoms with Crippen LogP contribution in [0.4, 0.5) is 0 Å². The van der Waals surface area contributed by atoms with E-state index in [9.17, 15) is 4.79 Å². The van der Waals surface area contributed by atoms with Gasteiger partial charge in [-0.25, -0.2) is 0 Å². The van der Waals surface area contributed by atoms with Crippen LogP contribution in [0.5, 0.6) is 0 Å². The largest absolute Gasteiger partial charge is 0.319 e. The molecule has 0 radical (unpaired) electrons. The Bertz CT molecular complexity index is 161. The summed E-state index contributed by atoms with van der Waals surface area (Å²) >= 11 is 0. The van der Waals surface area contributed by atoms with Crippen LogP contribution in [0.2, 0.25) is 0 Å². The van der Waals surface area contributed by atoms with Gasteiger partial charge >= 0.3 is 0 Å². The lowest BCUT2D eigenvalue weighted by molar-refractivity contribution is -0.117. The fourth-order valence-electron chi connectivity index (χ4n) is 0.553.